The van der Waals surface area contributed by atoms with Gasteiger partial charge in [-0.3, -0.25) is 4.89 Å². The quantitative estimate of drug-likeness (QED) is 0.694. The van der Waals surface area contributed by atoms with Crippen molar-refractivity contribution in [3.8, 4) is 0 Å². The standard InChI is InChI=1S/C18H12O3/c19-18-17-14(9-20-21-18)15-10-5-1-3-7-12(10)16(17)13-8-4-2-6-11(13)15/h1-8,15-16H,9H2. The average molecular weight is 276 g/mol. The summed E-state index contributed by atoms with van der Waals surface area (Å²) in [5, 5.41) is 0. The lowest BCUT2D eigenvalue weighted by Gasteiger charge is -2.43. The van der Waals surface area contributed by atoms with Crippen molar-refractivity contribution in [2.24, 2.45) is 0 Å². The highest BCUT2D eigenvalue weighted by Gasteiger charge is 2.47. The zero-order chi connectivity index (χ0) is 14.0. The molecule has 0 atom stereocenters. The highest BCUT2D eigenvalue weighted by atomic mass is 17.2. The van der Waals surface area contributed by atoms with Gasteiger partial charge in [0, 0.05) is 11.8 Å². The molecule has 2 aromatic carbocycles. The van der Waals surface area contributed by atoms with Crippen LogP contribution in [0.5, 0.6) is 0 Å². The lowest BCUT2D eigenvalue weighted by Crippen LogP contribution is -2.36. The molecule has 1 heterocycles. The number of hydrogen-bond donors (Lipinski definition) is 0. The van der Waals surface area contributed by atoms with Gasteiger partial charge in [-0.25, -0.2) is 4.79 Å². The van der Waals surface area contributed by atoms with Gasteiger partial charge >= 0.3 is 5.97 Å². The van der Waals surface area contributed by atoms with Gasteiger partial charge in [0.2, 0.25) is 0 Å². The van der Waals surface area contributed by atoms with E-state index in [1.165, 1.54) is 22.3 Å². The summed E-state index contributed by atoms with van der Waals surface area (Å²) in [4.78, 5) is 22.1. The van der Waals surface area contributed by atoms with Crippen molar-refractivity contribution >= 4 is 5.97 Å². The minimum Gasteiger partial charge on any atom is -0.293 e. The van der Waals surface area contributed by atoms with Gasteiger partial charge in [-0.2, -0.15) is 4.89 Å². The van der Waals surface area contributed by atoms with Crippen LogP contribution in [0.2, 0.25) is 0 Å². The zero-order valence-electron chi connectivity index (χ0n) is 11.2. The van der Waals surface area contributed by atoms with E-state index in [-0.39, 0.29) is 17.8 Å². The average Bonchev–Trinajstić information content (AvgIpc) is 2.55. The Balaban J connectivity index is 1.88. The Morgan fingerprint density at radius 2 is 1.33 bits per heavy atom. The molecule has 0 fully saturated rings. The van der Waals surface area contributed by atoms with E-state index in [0.717, 1.165) is 11.1 Å². The molecule has 102 valence electrons. The molecular formula is C18H12O3. The molecule has 0 N–H and O–H groups in total. The van der Waals surface area contributed by atoms with Crippen LogP contribution in [0, 0.1) is 0 Å². The Morgan fingerprint density at radius 1 is 0.810 bits per heavy atom. The first-order valence-electron chi connectivity index (χ1n) is 7.10. The van der Waals surface area contributed by atoms with E-state index >= 15 is 0 Å². The Hall–Kier alpha value is -2.39. The lowest BCUT2D eigenvalue weighted by atomic mass is 9.61. The van der Waals surface area contributed by atoms with E-state index in [1.54, 1.807) is 0 Å². The SMILES string of the molecule is O=C1OOCC2=C1C1c3ccccc3C2c2ccccc21. The van der Waals surface area contributed by atoms with Gasteiger partial charge in [0.1, 0.15) is 6.61 Å². The molecule has 0 unspecified atom stereocenters. The number of rotatable bonds is 0. The maximum absolute atomic E-state index is 12.2. The van der Waals surface area contributed by atoms with Crippen molar-refractivity contribution in [3.63, 3.8) is 0 Å². The second-order valence-electron chi connectivity index (χ2n) is 5.70. The fourth-order valence-corrected chi connectivity index (χ4v) is 4.04. The fourth-order valence-electron chi connectivity index (χ4n) is 4.04. The van der Waals surface area contributed by atoms with Crippen LogP contribution in [0.3, 0.4) is 0 Å². The third-order valence-electron chi connectivity index (χ3n) is 4.79. The third-order valence-corrected chi connectivity index (χ3v) is 4.79. The van der Waals surface area contributed by atoms with E-state index in [4.69, 9.17) is 9.78 Å². The molecule has 4 aliphatic rings. The Kier molecular flexibility index (Phi) is 2.06. The predicted octanol–water partition coefficient (Wildman–Crippen LogP) is 3.06. The summed E-state index contributed by atoms with van der Waals surface area (Å²) in [6, 6.07) is 16.7. The van der Waals surface area contributed by atoms with Crippen LogP contribution in [0.25, 0.3) is 0 Å². The molecule has 0 aromatic heterocycles. The lowest BCUT2D eigenvalue weighted by molar-refractivity contribution is -0.269. The van der Waals surface area contributed by atoms with Gasteiger partial charge in [-0.05, 0) is 27.8 Å². The van der Waals surface area contributed by atoms with Crippen molar-refractivity contribution in [2.45, 2.75) is 11.8 Å². The Morgan fingerprint density at radius 3 is 1.90 bits per heavy atom. The molecular weight excluding hydrogens is 264 g/mol. The van der Waals surface area contributed by atoms with Crippen molar-refractivity contribution in [3.05, 3.63) is 81.9 Å². The first-order valence-corrected chi connectivity index (χ1v) is 7.10. The molecule has 0 radical (unpaired) electrons. The maximum atomic E-state index is 12.2. The molecule has 3 nitrogen and oxygen atoms in total. The van der Waals surface area contributed by atoms with E-state index < -0.39 is 0 Å². The Bertz CT molecular complexity index is 771. The highest BCUT2D eigenvalue weighted by molar-refractivity contribution is 5.95. The summed E-state index contributed by atoms with van der Waals surface area (Å²) in [6.07, 6.45) is 0. The second-order valence-corrected chi connectivity index (χ2v) is 5.70. The van der Waals surface area contributed by atoms with Crippen molar-refractivity contribution in [1.82, 2.24) is 0 Å². The number of carbonyl (C=O) groups excluding carboxylic acids is 1. The summed E-state index contributed by atoms with van der Waals surface area (Å²) >= 11 is 0. The predicted molar refractivity (Wildman–Crippen MR) is 75.6 cm³/mol. The summed E-state index contributed by atoms with van der Waals surface area (Å²) in [5.41, 5.74) is 6.87. The van der Waals surface area contributed by atoms with Crippen LogP contribution in [0.4, 0.5) is 0 Å². The van der Waals surface area contributed by atoms with Gasteiger partial charge in [0.15, 0.2) is 0 Å². The van der Waals surface area contributed by atoms with Crippen molar-refractivity contribution in [1.29, 1.82) is 0 Å². The minimum absolute atomic E-state index is 0.0196. The summed E-state index contributed by atoms with van der Waals surface area (Å²) in [6.45, 7) is 0.366. The van der Waals surface area contributed by atoms with Crippen LogP contribution in [0.1, 0.15) is 34.1 Å². The van der Waals surface area contributed by atoms with Gasteiger partial charge < -0.3 is 0 Å². The molecule has 2 bridgehead atoms. The van der Waals surface area contributed by atoms with Crippen LogP contribution >= 0.6 is 0 Å². The smallest absolute Gasteiger partial charge is 0.293 e. The molecule has 6 rings (SSSR count). The van der Waals surface area contributed by atoms with Gasteiger partial charge in [-0.1, -0.05) is 48.5 Å². The highest BCUT2D eigenvalue weighted by Crippen LogP contribution is 2.56. The largest absolute Gasteiger partial charge is 0.370 e. The topological polar surface area (TPSA) is 35.5 Å². The summed E-state index contributed by atoms with van der Waals surface area (Å²) in [7, 11) is 0. The molecule has 0 spiro atoms. The maximum Gasteiger partial charge on any atom is 0.370 e. The first kappa shape index (κ1) is 11.3. The third kappa shape index (κ3) is 1.29. The second kappa shape index (κ2) is 3.83. The van der Waals surface area contributed by atoms with Crippen LogP contribution in [-0.4, -0.2) is 12.6 Å². The molecule has 3 heteroatoms. The molecule has 2 aromatic rings. The molecule has 21 heavy (non-hydrogen) atoms. The number of benzene rings is 2. The summed E-state index contributed by atoms with van der Waals surface area (Å²) < 4.78 is 0. The van der Waals surface area contributed by atoms with Crippen molar-refractivity contribution in [2.75, 3.05) is 6.61 Å². The normalized spacial score (nSPS) is 25.0. The summed E-state index contributed by atoms with van der Waals surface area (Å²) in [5.74, 6) is -0.241. The van der Waals surface area contributed by atoms with E-state index in [2.05, 4.69) is 36.4 Å². The molecule has 1 aliphatic heterocycles. The van der Waals surface area contributed by atoms with E-state index in [0.29, 0.717) is 6.61 Å². The monoisotopic (exact) mass is 276 g/mol. The zero-order valence-corrected chi connectivity index (χ0v) is 11.2. The first-order chi connectivity index (χ1) is 10.4. The molecule has 0 amide bonds. The molecule has 3 aliphatic carbocycles. The van der Waals surface area contributed by atoms with Crippen LogP contribution < -0.4 is 0 Å². The molecule has 0 saturated heterocycles. The van der Waals surface area contributed by atoms with Gasteiger partial charge in [0.25, 0.3) is 0 Å². The fraction of sp³-hybridized carbons (Fsp3) is 0.167. The van der Waals surface area contributed by atoms with Crippen LogP contribution in [0.15, 0.2) is 59.7 Å². The molecule has 0 saturated carbocycles. The number of hydrogen-bond acceptors (Lipinski definition) is 3. The van der Waals surface area contributed by atoms with Crippen molar-refractivity contribution < 1.29 is 14.6 Å². The van der Waals surface area contributed by atoms with Crippen LogP contribution in [-0.2, 0) is 14.6 Å². The number of carbonyl (C=O) groups is 1. The van der Waals surface area contributed by atoms with Gasteiger partial charge in [-0.15, -0.1) is 0 Å². The van der Waals surface area contributed by atoms with E-state index in [1.807, 2.05) is 12.1 Å². The minimum atomic E-state index is -0.338. The Labute approximate surface area is 121 Å². The van der Waals surface area contributed by atoms with Gasteiger partial charge in [0.05, 0.1) is 5.57 Å². The van der Waals surface area contributed by atoms with E-state index in [9.17, 15) is 4.79 Å².